The Morgan fingerprint density at radius 1 is 1.38 bits per heavy atom. The van der Waals surface area contributed by atoms with Crippen molar-refractivity contribution in [1.82, 2.24) is 4.31 Å². The number of ether oxygens (including phenoxy) is 1. The Kier molecular flexibility index (Phi) is 4.57. The summed E-state index contributed by atoms with van der Waals surface area (Å²) in [5.74, 6) is 0. The van der Waals surface area contributed by atoms with Crippen molar-refractivity contribution in [2.45, 2.75) is 30.3 Å². The van der Waals surface area contributed by atoms with Crippen LogP contribution < -0.4 is 5.73 Å². The molecule has 0 bridgehead atoms. The highest BCUT2D eigenvalue weighted by Crippen LogP contribution is 2.27. The summed E-state index contributed by atoms with van der Waals surface area (Å²) in [5.41, 5.74) is 5.90. The molecule has 0 radical (unpaired) electrons. The Balaban J connectivity index is 2.22. The van der Waals surface area contributed by atoms with Crippen LogP contribution in [0.2, 0.25) is 0 Å². The van der Waals surface area contributed by atoms with Crippen LogP contribution in [0.25, 0.3) is 0 Å². The molecule has 1 aromatic carbocycles. The maximum atomic E-state index is 12.6. The van der Waals surface area contributed by atoms with Crippen LogP contribution in [0.3, 0.4) is 0 Å². The number of benzene rings is 1. The summed E-state index contributed by atoms with van der Waals surface area (Å²) in [6.07, 6.45) is 0.854. The maximum Gasteiger partial charge on any atom is 0.244 e. The van der Waals surface area contributed by atoms with E-state index in [2.05, 4.69) is 0 Å². The maximum absolute atomic E-state index is 12.6. The van der Waals surface area contributed by atoms with Crippen LogP contribution in [0, 0.1) is 6.92 Å². The minimum Gasteiger partial charge on any atom is -0.398 e. The summed E-state index contributed by atoms with van der Waals surface area (Å²) in [7, 11) is -2.26. The summed E-state index contributed by atoms with van der Waals surface area (Å²) >= 11 is 0. The zero-order chi connectivity index (χ0) is 15.7. The van der Waals surface area contributed by atoms with E-state index >= 15 is 0 Å². The standard InChI is InChI=1S/C14H22N2O4S/c1-11-3-4-13(12(15)9-11)21(18,19)16(2)10-14(17)5-7-20-8-6-14/h3-4,9,17H,5-8,10,15H2,1-2H3. The molecule has 118 valence electrons. The van der Waals surface area contributed by atoms with Crippen molar-refractivity contribution in [2.75, 3.05) is 32.5 Å². The van der Waals surface area contributed by atoms with Crippen molar-refractivity contribution in [2.24, 2.45) is 0 Å². The molecule has 0 saturated carbocycles. The number of aryl methyl sites for hydroxylation is 1. The molecule has 0 aliphatic carbocycles. The Labute approximate surface area is 125 Å². The molecule has 0 amide bonds. The van der Waals surface area contributed by atoms with Crippen LogP contribution in [0.1, 0.15) is 18.4 Å². The largest absolute Gasteiger partial charge is 0.398 e. The van der Waals surface area contributed by atoms with E-state index < -0.39 is 15.6 Å². The number of rotatable bonds is 4. The van der Waals surface area contributed by atoms with Crippen LogP contribution in [-0.4, -0.2) is 50.2 Å². The second-order valence-electron chi connectivity index (χ2n) is 5.64. The number of hydrogen-bond donors (Lipinski definition) is 2. The molecule has 21 heavy (non-hydrogen) atoms. The van der Waals surface area contributed by atoms with E-state index in [1.807, 2.05) is 6.92 Å². The third kappa shape index (κ3) is 3.55. The number of aliphatic hydroxyl groups is 1. The fourth-order valence-electron chi connectivity index (χ4n) is 2.48. The number of anilines is 1. The van der Waals surface area contributed by atoms with Crippen molar-refractivity contribution >= 4 is 15.7 Å². The van der Waals surface area contributed by atoms with Gasteiger partial charge in [-0.1, -0.05) is 6.07 Å². The lowest BCUT2D eigenvalue weighted by Crippen LogP contribution is -2.47. The van der Waals surface area contributed by atoms with Crippen LogP contribution >= 0.6 is 0 Å². The average Bonchev–Trinajstić information content (AvgIpc) is 2.38. The van der Waals surface area contributed by atoms with E-state index in [-0.39, 0.29) is 17.1 Å². The first kappa shape index (κ1) is 16.2. The van der Waals surface area contributed by atoms with E-state index in [4.69, 9.17) is 10.5 Å². The van der Waals surface area contributed by atoms with Crippen molar-refractivity contribution in [3.05, 3.63) is 23.8 Å². The zero-order valence-electron chi connectivity index (χ0n) is 12.4. The third-order valence-electron chi connectivity index (χ3n) is 3.79. The molecule has 1 saturated heterocycles. The molecule has 0 unspecified atom stereocenters. The lowest BCUT2D eigenvalue weighted by Gasteiger charge is -2.35. The number of hydrogen-bond acceptors (Lipinski definition) is 5. The second-order valence-corrected chi connectivity index (χ2v) is 7.65. The molecule has 1 aliphatic heterocycles. The van der Waals surface area contributed by atoms with Crippen LogP contribution in [-0.2, 0) is 14.8 Å². The van der Waals surface area contributed by atoms with Gasteiger partial charge in [0.25, 0.3) is 0 Å². The summed E-state index contributed by atoms with van der Waals surface area (Å²) in [6, 6.07) is 4.84. The molecule has 1 fully saturated rings. The molecule has 6 nitrogen and oxygen atoms in total. The fraction of sp³-hybridized carbons (Fsp3) is 0.571. The van der Waals surface area contributed by atoms with Crippen molar-refractivity contribution in [1.29, 1.82) is 0 Å². The quantitative estimate of drug-likeness (QED) is 0.800. The van der Waals surface area contributed by atoms with Crippen molar-refractivity contribution in [3.63, 3.8) is 0 Å². The van der Waals surface area contributed by atoms with Gasteiger partial charge >= 0.3 is 0 Å². The number of nitrogen functional groups attached to an aromatic ring is 1. The van der Waals surface area contributed by atoms with Crippen LogP contribution in [0.15, 0.2) is 23.1 Å². The van der Waals surface area contributed by atoms with Gasteiger partial charge in [0.15, 0.2) is 0 Å². The van der Waals surface area contributed by atoms with Crippen molar-refractivity contribution < 1.29 is 18.3 Å². The topological polar surface area (TPSA) is 92.9 Å². The number of nitrogens with two attached hydrogens (primary N) is 1. The second kappa shape index (κ2) is 5.92. The molecule has 0 spiro atoms. The molecule has 1 heterocycles. The SMILES string of the molecule is Cc1ccc(S(=O)(=O)N(C)CC2(O)CCOCC2)c(N)c1. The zero-order valence-corrected chi connectivity index (χ0v) is 13.2. The van der Waals surface area contributed by atoms with Gasteiger partial charge in [-0.25, -0.2) is 8.42 Å². The first-order valence-corrected chi connectivity index (χ1v) is 8.31. The van der Waals surface area contributed by atoms with E-state index in [9.17, 15) is 13.5 Å². The number of nitrogens with zero attached hydrogens (tertiary/aromatic N) is 1. The average molecular weight is 314 g/mol. The lowest BCUT2D eigenvalue weighted by atomic mass is 9.95. The normalized spacial score (nSPS) is 18.9. The molecule has 3 N–H and O–H groups in total. The minimum atomic E-state index is -3.72. The fourth-order valence-corrected chi connectivity index (χ4v) is 3.82. The van der Waals surface area contributed by atoms with Gasteiger partial charge < -0.3 is 15.6 Å². The van der Waals surface area contributed by atoms with Gasteiger partial charge in [-0.3, -0.25) is 0 Å². The molecule has 0 aromatic heterocycles. The van der Waals surface area contributed by atoms with E-state index in [0.717, 1.165) is 5.56 Å². The first-order chi connectivity index (χ1) is 9.74. The van der Waals surface area contributed by atoms with Crippen molar-refractivity contribution in [3.8, 4) is 0 Å². The summed E-state index contributed by atoms with van der Waals surface area (Å²) in [5, 5.41) is 10.4. The predicted octanol–water partition coefficient (Wildman–Crippen LogP) is 0.739. The highest BCUT2D eigenvalue weighted by atomic mass is 32.2. The Bertz CT molecular complexity index is 609. The first-order valence-electron chi connectivity index (χ1n) is 6.87. The molecule has 2 rings (SSSR count). The van der Waals surface area contributed by atoms with Gasteiger partial charge in [-0.15, -0.1) is 0 Å². The van der Waals surface area contributed by atoms with Gasteiger partial charge in [0.1, 0.15) is 4.90 Å². The Morgan fingerprint density at radius 3 is 2.57 bits per heavy atom. The third-order valence-corrected chi connectivity index (χ3v) is 5.67. The van der Waals surface area contributed by atoms with Gasteiger partial charge in [0, 0.05) is 39.6 Å². The molecule has 1 aromatic rings. The molecule has 0 atom stereocenters. The van der Waals surface area contributed by atoms with E-state index in [0.29, 0.717) is 26.1 Å². The number of sulfonamides is 1. The highest BCUT2D eigenvalue weighted by molar-refractivity contribution is 7.89. The van der Waals surface area contributed by atoms with Gasteiger partial charge in [-0.05, 0) is 24.6 Å². The highest BCUT2D eigenvalue weighted by Gasteiger charge is 2.35. The summed E-state index contributed by atoms with van der Waals surface area (Å²) in [6.45, 7) is 2.77. The molecular formula is C14H22N2O4S. The van der Waals surface area contributed by atoms with E-state index in [1.165, 1.54) is 17.4 Å². The van der Waals surface area contributed by atoms with E-state index in [1.54, 1.807) is 12.1 Å². The Hall–Kier alpha value is -1.15. The van der Waals surface area contributed by atoms with Crippen LogP contribution in [0.4, 0.5) is 5.69 Å². The predicted molar refractivity (Wildman–Crippen MR) is 80.4 cm³/mol. The smallest absolute Gasteiger partial charge is 0.244 e. The monoisotopic (exact) mass is 314 g/mol. The van der Waals surface area contributed by atoms with Gasteiger partial charge in [0.05, 0.1) is 11.3 Å². The lowest BCUT2D eigenvalue weighted by molar-refractivity contribution is -0.0689. The minimum absolute atomic E-state index is 0.0337. The molecule has 7 heteroatoms. The number of likely N-dealkylation sites (N-methyl/N-ethyl adjacent to an activating group) is 1. The molecular weight excluding hydrogens is 292 g/mol. The van der Waals surface area contributed by atoms with Gasteiger partial charge in [0.2, 0.25) is 10.0 Å². The molecule has 1 aliphatic rings. The summed E-state index contributed by atoms with van der Waals surface area (Å²) in [4.78, 5) is 0.0752. The van der Waals surface area contributed by atoms with Crippen LogP contribution in [0.5, 0.6) is 0 Å². The van der Waals surface area contributed by atoms with Gasteiger partial charge in [-0.2, -0.15) is 4.31 Å². The summed E-state index contributed by atoms with van der Waals surface area (Å²) < 4.78 is 31.5. The Morgan fingerprint density at radius 2 is 2.00 bits per heavy atom.